The Balaban J connectivity index is 1.38. The predicted octanol–water partition coefficient (Wildman–Crippen LogP) is 6.27. The van der Waals surface area contributed by atoms with Crippen LogP contribution in [-0.2, 0) is 16.6 Å². The van der Waals surface area contributed by atoms with Crippen LogP contribution in [0, 0.1) is 11.8 Å². The summed E-state index contributed by atoms with van der Waals surface area (Å²) in [6.45, 7) is -1.17. The molecule has 0 radical (unpaired) electrons. The number of benzene rings is 3. The van der Waals surface area contributed by atoms with Gasteiger partial charge in [0.05, 0.1) is 35.4 Å². The fourth-order valence-corrected chi connectivity index (χ4v) is 5.57. The highest BCUT2D eigenvalue weighted by Crippen LogP contribution is 2.32. The van der Waals surface area contributed by atoms with Gasteiger partial charge in [0.1, 0.15) is 18.6 Å². The van der Waals surface area contributed by atoms with Crippen molar-refractivity contribution >= 4 is 49.5 Å². The van der Waals surface area contributed by atoms with E-state index in [9.17, 15) is 21.6 Å². The van der Waals surface area contributed by atoms with Crippen molar-refractivity contribution in [1.82, 2.24) is 9.72 Å². The lowest BCUT2D eigenvalue weighted by Gasteiger charge is -2.14. The molecule has 0 bridgehead atoms. The molecule has 10 nitrogen and oxygen atoms in total. The third kappa shape index (κ3) is 7.44. The lowest BCUT2D eigenvalue weighted by Crippen LogP contribution is -2.18. The Morgan fingerprint density at radius 1 is 1.02 bits per heavy atom. The number of aromatic nitrogens is 2. The number of hydrogen-bond donors (Lipinski definition) is 3. The molecular weight excluding hydrogens is 609 g/mol. The van der Waals surface area contributed by atoms with Crippen molar-refractivity contribution in [2.24, 2.45) is 0 Å². The van der Waals surface area contributed by atoms with E-state index in [1.54, 1.807) is 24.3 Å². The molecule has 234 valence electrons. The Morgan fingerprint density at radius 3 is 2.47 bits per heavy atom. The van der Waals surface area contributed by atoms with E-state index in [4.69, 9.17) is 4.74 Å². The average molecular weight is 639 g/mol. The number of alkyl halides is 3. The number of fused-ring (bicyclic) bond motifs is 1. The Labute approximate surface area is 257 Å². The molecule has 0 atom stereocenters. The fourth-order valence-electron chi connectivity index (χ4n) is 4.57. The van der Waals surface area contributed by atoms with Crippen molar-refractivity contribution in [3.05, 3.63) is 84.8 Å². The number of anilines is 5. The molecule has 0 aliphatic rings. The van der Waals surface area contributed by atoms with Crippen molar-refractivity contribution in [3.8, 4) is 17.6 Å². The van der Waals surface area contributed by atoms with Crippen molar-refractivity contribution in [3.63, 3.8) is 0 Å². The van der Waals surface area contributed by atoms with Gasteiger partial charge < -0.3 is 29.4 Å². The van der Waals surface area contributed by atoms with Crippen molar-refractivity contribution in [2.45, 2.75) is 17.6 Å². The zero-order chi connectivity index (χ0) is 32.2. The summed E-state index contributed by atoms with van der Waals surface area (Å²) >= 11 is 0. The van der Waals surface area contributed by atoms with E-state index in [0.29, 0.717) is 22.3 Å². The molecule has 5 rings (SSSR count). The van der Waals surface area contributed by atoms with Crippen LogP contribution in [0.15, 0.2) is 88.5 Å². The molecule has 0 aliphatic heterocycles. The predicted molar refractivity (Wildman–Crippen MR) is 168 cm³/mol. The summed E-state index contributed by atoms with van der Waals surface area (Å²) < 4.78 is 79.7. The highest BCUT2D eigenvalue weighted by Gasteiger charge is 2.30. The second kappa shape index (κ2) is 12.7. The van der Waals surface area contributed by atoms with Gasteiger partial charge in [-0.2, -0.15) is 13.2 Å². The third-order valence-electron chi connectivity index (χ3n) is 6.69. The molecule has 0 aliphatic carbocycles. The minimum atomic E-state index is -4.47. The van der Waals surface area contributed by atoms with Gasteiger partial charge in [-0.05, 0) is 60.5 Å². The second-order valence-electron chi connectivity index (χ2n) is 10.0. The maximum absolute atomic E-state index is 13.6. The number of rotatable bonds is 10. The van der Waals surface area contributed by atoms with Gasteiger partial charge in [-0.25, -0.2) is 8.42 Å². The molecule has 3 aromatic carbocycles. The van der Waals surface area contributed by atoms with Gasteiger partial charge in [0, 0.05) is 48.7 Å². The zero-order valence-corrected chi connectivity index (χ0v) is 25.3. The summed E-state index contributed by atoms with van der Waals surface area (Å²) in [5.41, 5.74) is 3.46. The van der Waals surface area contributed by atoms with Crippen LogP contribution < -0.4 is 25.0 Å². The van der Waals surface area contributed by atoms with Gasteiger partial charge in [-0.1, -0.05) is 17.1 Å². The van der Waals surface area contributed by atoms with Gasteiger partial charge >= 0.3 is 6.18 Å². The molecule has 0 fully saturated rings. The molecule has 0 amide bonds. The molecule has 14 heteroatoms. The first kappa shape index (κ1) is 31.1. The first-order valence-electron chi connectivity index (χ1n) is 13.5. The standard InChI is InChI=1S/C31H29F3N6O4S/c1-39(2)22-11-9-21(10-12-22)36-26-7-4-8-28-25(26)18-23(40(28)20-31(32,33)34)6-5-16-35-27-14-13-24(19-29(27)43-3)45(41,42)38-30-15-17-44-37-30/h4,7-15,17-19,35-36H,16,20H2,1-3H3,(H,37,38). The quantitative estimate of drug-likeness (QED) is 0.153. The Morgan fingerprint density at radius 2 is 1.80 bits per heavy atom. The second-order valence-corrected chi connectivity index (χ2v) is 11.7. The molecule has 0 saturated carbocycles. The lowest BCUT2D eigenvalue weighted by molar-refractivity contribution is -0.140. The van der Waals surface area contributed by atoms with Gasteiger partial charge in [0.25, 0.3) is 10.0 Å². The highest BCUT2D eigenvalue weighted by molar-refractivity contribution is 7.92. The van der Waals surface area contributed by atoms with Crippen LogP contribution in [0.2, 0.25) is 0 Å². The fraction of sp³-hybridized carbons (Fsp3) is 0.194. The third-order valence-corrected chi connectivity index (χ3v) is 8.04. The molecule has 0 spiro atoms. The lowest BCUT2D eigenvalue weighted by atomic mass is 10.2. The first-order valence-corrected chi connectivity index (χ1v) is 15.0. The summed E-state index contributed by atoms with van der Waals surface area (Å²) in [5, 5.41) is 10.5. The molecule has 2 heterocycles. The van der Waals surface area contributed by atoms with E-state index in [0.717, 1.165) is 15.9 Å². The van der Waals surface area contributed by atoms with Gasteiger partial charge in [-0.3, -0.25) is 4.72 Å². The maximum Gasteiger partial charge on any atom is 0.406 e. The summed E-state index contributed by atoms with van der Waals surface area (Å²) in [6, 6.07) is 20.0. The molecular formula is C31H29F3N6O4S. The smallest absolute Gasteiger partial charge is 0.406 e. The summed E-state index contributed by atoms with van der Waals surface area (Å²) in [4.78, 5) is 1.89. The van der Waals surface area contributed by atoms with Gasteiger partial charge in [0.15, 0.2) is 5.82 Å². The summed E-state index contributed by atoms with van der Waals surface area (Å²) in [5.74, 6) is 5.98. The van der Waals surface area contributed by atoms with E-state index in [-0.39, 0.29) is 28.7 Å². The largest absolute Gasteiger partial charge is 0.495 e. The number of hydrogen-bond acceptors (Lipinski definition) is 8. The van der Waals surface area contributed by atoms with Crippen LogP contribution in [0.3, 0.4) is 0 Å². The Kier molecular flexibility index (Phi) is 8.82. The molecule has 0 saturated heterocycles. The Hall–Kier alpha value is -5.29. The maximum atomic E-state index is 13.6. The zero-order valence-electron chi connectivity index (χ0n) is 24.4. The van der Waals surface area contributed by atoms with Crippen LogP contribution in [-0.4, -0.2) is 52.1 Å². The van der Waals surface area contributed by atoms with Crippen LogP contribution in [0.1, 0.15) is 5.69 Å². The molecule has 45 heavy (non-hydrogen) atoms. The van der Waals surface area contributed by atoms with E-state index in [1.807, 2.05) is 43.3 Å². The van der Waals surface area contributed by atoms with Crippen LogP contribution in [0.5, 0.6) is 5.75 Å². The average Bonchev–Trinajstić information content (AvgIpc) is 3.62. The van der Waals surface area contributed by atoms with E-state index in [1.165, 1.54) is 37.6 Å². The minimum absolute atomic E-state index is 0.0240. The topological polar surface area (TPSA) is 114 Å². The minimum Gasteiger partial charge on any atom is -0.495 e. The van der Waals surface area contributed by atoms with Gasteiger partial charge in [0.2, 0.25) is 0 Å². The van der Waals surface area contributed by atoms with Crippen LogP contribution in [0.4, 0.5) is 41.7 Å². The number of ether oxygens (including phenoxy) is 1. The van der Waals surface area contributed by atoms with Crippen molar-refractivity contribution < 1.29 is 30.8 Å². The van der Waals surface area contributed by atoms with Crippen LogP contribution >= 0.6 is 0 Å². The monoisotopic (exact) mass is 638 g/mol. The number of nitrogens with one attached hydrogen (secondary N) is 3. The number of sulfonamides is 1. The number of methoxy groups -OCH3 is 1. The van der Waals surface area contributed by atoms with Gasteiger partial charge in [-0.15, -0.1) is 0 Å². The molecule has 2 aromatic heterocycles. The SMILES string of the molecule is COc1cc(S(=O)(=O)Nc2ccon2)ccc1NCC#Cc1cc2c(Nc3ccc(N(C)C)cc3)cccc2n1CC(F)(F)F. The summed E-state index contributed by atoms with van der Waals surface area (Å²) in [7, 11) is 1.29. The molecule has 0 unspecified atom stereocenters. The van der Waals surface area contributed by atoms with E-state index >= 15 is 0 Å². The molecule has 3 N–H and O–H groups in total. The van der Waals surface area contributed by atoms with E-state index < -0.39 is 22.7 Å². The first-order chi connectivity index (χ1) is 21.4. The normalized spacial score (nSPS) is 11.5. The highest BCUT2D eigenvalue weighted by atomic mass is 32.2. The number of nitrogens with zero attached hydrogens (tertiary/aromatic N) is 3. The Bertz CT molecular complexity index is 1960. The molecule has 5 aromatic rings. The van der Waals surface area contributed by atoms with E-state index in [2.05, 4.69) is 36.9 Å². The van der Waals surface area contributed by atoms with Crippen molar-refractivity contribution in [2.75, 3.05) is 48.0 Å². The summed E-state index contributed by atoms with van der Waals surface area (Å²) in [6.07, 6.45) is -3.24. The van der Waals surface area contributed by atoms with Crippen LogP contribution in [0.25, 0.3) is 10.9 Å². The number of halogens is 3. The van der Waals surface area contributed by atoms with Crippen molar-refractivity contribution in [1.29, 1.82) is 0 Å².